The molecule has 1 aromatic carbocycles. The number of benzene rings is 1. The number of hydrogen-bond acceptors (Lipinski definition) is 5. The minimum atomic E-state index is -0.292. The normalized spacial score (nSPS) is 11.2. The molecule has 142 valence electrons. The first-order valence-electron chi connectivity index (χ1n) is 8.91. The Morgan fingerprint density at radius 2 is 2.11 bits per heavy atom. The van der Waals surface area contributed by atoms with Gasteiger partial charge in [-0.05, 0) is 43.5 Å². The highest BCUT2D eigenvalue weighted by molar-refractivity contribution is 6.31. The second-order valence-electron chi connectivity index (χ2n) is 6.64. The van der Waals surface area contributed by atoms with E-state index in [-0.39, 0.29) is 11.8 Å². The number of amides is 1. The molecule has 2 aromatic heterocycles. The Kier molecular flexibility index (Phi) is 5.65. The molecule has 0 aliphatic heterocycles. The summed E-state index contributed by atoms with van der Waals surface area (Å²) in [6.07, 6.45) is 0.860. The van der Waals surface area contributed by atoms with Crippen molar-refractivity contribution in [2.45, 2.75) is 40.0 Å². The van der Waals surface area contributed by atoms with Crippen LogP contribution in [0.2, 0.25) is 5.02 Å². The molecule has 0 aliphatic rings. The maximum absolute atomic E-state index is 13.1. The standard InChI is InChI=1S/C20H22ClN3O3/c1-5-8-26-17-7-6-13(21)9-16(17)22-19(25)14-10-15(11(2)3)23-20-18(14)12(4)24-27-20/h6-7,9-11H,5,8H2,1-4H3,(H,22,25). The van der Waals surface area contributed by atoms with Crippen molar-refractivity contribution in [3.63, 3.8) is 0 Å². The fourth-order valence-electron chi connectivity index (χ4n) is 2.72. The molecular formula is C20H22ClN3O3. The molecule has 27 heavy (non-hydrogen) atoms. The predicted molar refractivity (Wildman–Crippen MR) is 106 cm³/mol. The number of hydrogen-bond donors (Lipinski definition) is 1. The van der Waals surface area contributed by atoms with Gasteiger partial charge in [-0.1, -0.05) is 37.5 Å². The first kappa shape index (κ1) is 19.2. The summed E-state index contributed by atoms with van der Waals surface area (Å²) >= 11 is 6.11. The molecule has 0 spiro atoms. The Labute approximate surface area is 162 Å². The lowest BCUT2D eigenvalue weighted by molar-refractivity contribution is 0.102. The second kappa shape index (κ2) is 7.96. The number of pyridine rings is 1. The molecule has 3 rings (SSSR count). The van der Waals surface area contributed by atoms with Gasteiger partial charge in [-0.25, -0.2) is 4.98 Å². The monoisotopic (exact) mass is 387 g/mol. The largest absolute Gasteiger partial charge is 0.491 e. The van der Waals surface area contributed by atoms with Crippen molar-refractivity contribution in [3.8, 4) is 5.75 Å². The van der Waals surface area contributed by atoms with E-state index in [2.05, 4.69) is 15.5 Å². The fraction of sp³-hybridized carbons (Fsp3) is 0.350. The third kappa shape index (κ3) is 4.06. The first-order valence-corrected chi connectivity index (χ1v) is 9.29. The molecule has 0 radical (unpaired) electrons. The molecule has 7 heteroatoms. The van der Waals surface area contributed by atoms with Crippen LogP contribution in [0.3, 0.4) is 0 Å². The minimum absolute atomic E-state index is 0.140. The summed E-state index contributed by atoms with van der Waals surface area (Å²) in [6.45, 7) is 8.37. The van der Waals surface area contributed by atoms with Crippen LogP contribution in [-0.2, 0) is 0 Å². The Bertz CT molecular complexity index is 982. The van der Waals surface area contributed by atoms with Crippen molar-refractivity contribution in [3.05, 3.63) is 46.2 Å². The van der Waals surface area contributed by atoms with Gasteiger partial charge in [-0.15, -0.1) is 0 Å². The Hall–Kier alpha value is -2.60. The van der Waals surface area contributed by atoms with E-state index >= 15 is 0 Å². The summed E-state index contributed by atoms with van der Waals surface area (Å²) in [5.41, 5.74) is 2.72. The van der Waals surface area contributed by atoms with Crippen molar-refractivity contribution >= 4 is 34.3 Å². The summed E-state index contributed by atoms with van der Waals surface area (Å²) in [7, 11) is 0. The molecule has 6 nitrogen and oxygen atoms in total. The minimum Gasteiger partial charge on any atom is -0.491 e. The molecule has 0 unspecified atom stereocenters. The van der Waals surface area contributed by atoms with Gasteiger partial charge in [0.25, 0.3) is 11.6 Å². The number of fused-ring (bicyclic) bond motifs is 1. The van der Waals surface area contributed by atoms with E-state index in [4.69, 9.17) is 20.9 Å². The SMILES string of the molecule is CCCOc1ccc(Cl)cc1NC(=O)c1cc(C(C)C)nc2onc(C)c12. The number of rotatable bonds is 6. The van der Waals surface area contributed by atoms with Crippen molar-refractivity contribution in [2.24, 2.45) is 0 Å². The van der Waals surface area contributed by atoms with Gasteiger partial charge in [0.15, 0.2) is 0 Å². The van der Waals surface area contributed by atoms with Gasteiger partial charge in [-0.2, -0.15) is 0 Å². The number of nitrogens with zero attached hydrogens (tertiary/aromatic N) is 2. The molecule has 0 saturated heterocycles. The van der Waals surface area contributed by atoms with Crippen molar-refractivity contribution < 1.29 is 14.1 Å². The lowest BCUT2D eigenvalue weighted by Crippen LogP contribution is -2.15. The van der Waals surface area contributed by atoms with Crippen LogP contribution in [0.1, 0.15) is 54.9 Å². The summed E-state index contributed by atoms with van der Waals surface area (Å²) in [4.78, 5) is 17.5. The number of nitrogens with one attached hydrogen (secondary N) is 1. The zero-order chi connectivity index (χ0) is 19.6. The van der Waals surface area contributed by atoms with Crippen LogP contribution >= 0.6 is 11.6 Å². The van der Waals surface area contributed by atoms with Gasteiger partial charge in [0.2, 0.25) is 0 Å². The number of ether oxygens (including phenoxy) is 1. The number of carbonyl (C=O) groups excluding carboxylic acids is 1. The van der Waals surface area contributed by atoms with E-state index in [0.29, 0.717) is 45.4 Å². The van der Waals surface area contributed by atoms with E-state index < -0.39 is 0 Å². The molecule has 0 aliphatic carbocycles. The molecular weight excluding hydrogens is 366 g/mol. The highest BCUT2D eigenvalue weighted by Crippen LogP contribution is 2.30. The Balaban J connectivity index is 2.02. The second-order valence-corrected chi connectivity index (χ2v) is 7.08. The van der Waals surface area contributed by atoms with E-state index in [9.17, 15) is 4.79 Å². The molecule has 0 bridgehead atoms. The average Bonchev–Trinajstić information content (AvgIpc) is 3.01. The van der Waals surface area contributed by atoms with Crippen LogP contribution in [0, 0.1) is 6.92 Å². The zero-order valence-corrected chi connectivity index (χ0v) is 16.6. The van der Waals surface area contributed by atoms with E-state index in [1.807, 2.05) is 20.8 Å². The maximum Gasteiger partial charge on any atom is 0.259 e. The predicted octanol–water partition coefficient (Wildman–Crippen LogP) is 5.35. The van der Waals surface area contributed by atoms with Crippen molar-refractivity contribution in [1.82, 2.24) is 10.1 Å². The molecule has 1 N–H and O–H groups in total. The molecule has 0 saturated carbocycles. The van der Waals surface area contributed by atoms with Crippen LogP contribution in [0.25, 0.3) is 11.1 Å². The molecule has 0 atom stereocenters. The average molecular weight is 388 g/mol. The molecule has 2 heterocycles. The highest BCUT2D eigenvalue weighted by atomic mass is 35.5. The fourth-order valence-corrected chi connectivity index (χ4v) is 2.89. The summed E-state index contributed by atoms with van der Waals surface area (Å²) < 4.78 is 11.0. The van der Waals surface area contributed by atoms with Crippen LogP contribution in [0.5, 0.6) is 5.75 Å². The van der Waals surface area contributed by atoms with E-state index in [1.54, 1.807) is 31.2 Å². The maximum atomic E-state index is 13.1. The molecule has 0 fully saturated rings. The van der Waals surface area contributed by atoms with Crippen LogP contribution < -0.4 is 10.1 Å². The first-order chi connectivity index (χ1) is 12.9. The van der Waals surface area contributed by atoms with Crippen molar-refractivity contribution in [1.29, 1.82) is 0 Å². The van der Waals surface area contributed by atoms with Crippen LogP contribution in [0.15, 0.2) is 28.8 Å². The molecule has 3 aromatic rings. The van der Waals surface area contributed by atoms with Gasteiger partial charge in [0.05, 0.1) is 28.9 Å². The van der Waals surface area contributed by atoms with Crippen molar-refractivity contribution in [2.75, 3.05) is 11.9 Å². The molecule has 1 amide bonds. The quantitative estimate of drug-likeness (QED) is 0.616. The topological polar surface area (TPSA) is 77.2 Å². The van der Waals surface area contributed by atoms with Gasteiger partial charge >= 0.3 is 0 Å². The lowest BCUT2D eigenvalue weighted by Gasteiger charge is -2.14. The van der Waals surface area contributed by atoms with Crippen LogP contribution in [0.4, 0.5) is 5.69 Å². The van der Waals surface area contributed by atoms with Gasteiger partial charge in [-0.3, -0.25) is 4.79 Å². The Morgan fingerprint density at radius 3 is 2.81 bits per heavy atom. The van der Waals surface area contributed by atoms with E-state index in [1.165, 1.54) is 0 Å². The summed E-state index contributed by atoms with van der Waals surface area (Å²) in [5.74, 6) is 0.422. The Morgan fingerprint density at radius 1 is 1.33 bits per heavy atom. The number of aromatic nitrogens is 2. The van der Waals surface area contributed by atoms with Gasteiger partial charge in [0.1, 0.15) is 5.75 Å². The van der Waals surface area contributed by atoms with Crippen LogP contribution in [-0.4, -0.2) is 22.7 Å². The lowest BCUT2D eigenvalue weighted by atomic mass is 10.0. The number of carbonyl (C=O) groups is 1. The summed E-state index contributed by atoms with van der Waals surface area (Å²) in [5, 5.41) is 7.98. The van der Waals surface area contributed by atoms with Gasteiger partial charge in [0, 0.05) is 10.7 Å². The zero-order valence-electron chi connectivity index (χ0n) is 15.8. The highest BCUT2D eigenvalue weighted by Gasteiger charge is 2.21. The number of aryl methyl sites for hydroxylation is 1. The third-order valence-corrected chi connectivity index (χ3v) is 4.36. The smallest absolute Gasteiger partial charge is 0.259 e. The van der Waals surface area contributed by atoms with Gasteiger partial charge < -0.3 is 14.6 Å². The van der Waals surface area contributed by atoms with E-state index in [0.717, 1.165) is 12.1 Å². The number of anilines is 1. The third-order valence-electron chi connectivity index (χ3n) is 4.12. The summed E-state index contributed by atoms with van der Waals surface area (Å²) in [6, 6.07) is 6.93. The number of halogens is 1.